The van der Waals surface area contributed by atoms with Crippen LogP contribution >= 0.6 is 0 Å². The van der Waals surface area contributed by atoms with Gasteiger partial charge in [0.15, 0.2) is 11.6 Å². The van der Waals surface area contributed by atoms with Crippen molar-refractivity contribution in [2.45, 2.75) is 19.5 Å². The van der Waals surface area contributed by atoms with Crippen LogP contribution in [0.5, 0.6) is 5.75 Å². The Bertz CT molecular complexity index is 596. The predicted octanol–water partition coefficient (Wildman–Crippen LogP) is 3.66. The lowest BCUT2D eigenvalue weighted by Gasteiger charge is -2.14. The lowest BCUT2D eigenvalue weighted by Crippen LogP contribution is -2.18. The van der Waals surface area contributed by atoms with Crippen molar-refractivity contribution in [3.8, 4) is 5.75 Å². The van der Waals surface area contributed by atoms with E-state index in [0.29, 0.717) is 17.7 Å². The first kappa shape index (κ1) is 14.4. The van der Waals surface area contributed by atoms with Gasteiger partial charge in [-0.15, -0.1) is 0 Å². The number of halogens is 3. The predicted molar refractivity (Wildman–Crippen MR) is 69.7 cm³/mol. The Morgan fingerprint density at radius 2 is 1.80 bits per heavy atom. The fourth-order valence-electron chi connectivity index (χ4n) is 1.91. The van der Waals surface area contributed by atoms with E-state index in [2.05, 4.69) is 5.32 Å². The SMILES string of the molecule is CC(NCc1cc(O)cc(F)c1)c1ccc(F)c(F)c1. The van der Waals surface area contributed by atoms with Gasteiger partial charge in [0.05, 0.1) is 0 Å². The third-order valence-electron chi connectivity index (χ3n) is 3.00. The van der Waals surface area contributed by atoms with Gasteiger partial charge in [0.1, 0.15) is 11.6 Å². The minimum Gasteiger partial charge on any atom is -0.508 e. The molecule has 20 heavy (non-hydrogen) atoms. The van der Waals surface area contributed by atoms with Crippen LogP contribution in [0, 0.1) is 17.5 Å². The summed E-state index contributed by atoms with van der Waals surface area (Å²) in [5.41, 5.74) is 1.15. The molecule has 0 amide bonds. The Morgan fingerprint density at radius 3 is 2.45 bits per heavy atom. The van der Waals surface area contributed by atoms with Gasteiger partial charge in [0.2, 0.25) is 0 Å². The summed E-state index contributed by atoms with van der Waals surface area (Å²) in [5.74, 6) is -2.47. The maximum Gasteiger partial charge on any atom is 0.159 e. The molecular formula is C15H14F3NO. The minimum atomic E-state index is -0.903. The van der Waals surface area contributed by atoms with Crippen molar-refractivity contribution in [1.82, 2.24) is 5.32 Å². The van der Waals surface area contributed by atoms with Crippen LogP contribution in [0.4, 0.5) is 13.2 Å². The van der Waals surface area contributed by atoms with E-state index in [1.807, 2.05) is 0 Å². The second kappa shape index (κ2) is 5.96. The quantitative estimate of drug-likeness (QED) is 0.896. The zero-order valence-corrected chi connectivity index (χ0v) is 10.8. The average molecular weight is 281 g/mol. The van der Waals surface area contributed by atoms with Crippen molar-refractivity contribution in [1.29, 1.82) is 0 Å². The summed E-state index contributed by atoms with van der Waals surface area (Å²) in [6, 6.07) is 7.18. The number of hydrogen-bond donors (Lipinski definition) is 2. The van der Waals surface area contributed by atoms with Gasteiger partial charge in [0, 0.05) is 18.7 Å². The molecule has 0 saturated carbocycles. The van der Waals surface area contributed by atoms with Crippen LogP contribution in [-0.4, -0.2) is 5.11 Å². The fourth-order valence-corrected chi connectivity index (χ4v) is 1.91. The van der Waals surface area contributed by atoms with Gasteiger partial charge in [-0.1, -0.05) is 6.07 Å². The Morgan fingerprint density at radius 1 is 1.05 bits per heavy atom. The summed E-state index contributed by atoms with van der Waals surface area (Å²) >= 11 is 0. The molecule has 0 aromatic heterocycles. The molecule has 0 radical (unpaired) electrons. The maximum atomic E-state index is 13.1. The number of rotatable bonds is 4. The van der Waals surface area contributed by atoms with Gasteiger partial charge in [-0.25, -0.2) is 13.2 Å². The van der Waals surface area contributed by atoms with Crippen LogP contribution in [0.2, 0.25) is 0 Å². The smallest absolute Gasteiger partial charge is 0.159 e. The van der Waals surface area contributed by atoms with E-state index in [-0.39, 0.29) is 11.8 Å². The molecule has 0 fully saturated rings. The summed E-state index contributed by atoms with van der Waals surface area (Å²) < 4.78 is 39.1. The molecule has 2 N–H and O–H groups in total. The third-order valence-corrected chi connectivity index (χ3v) is 3.00. The van der Waals surface area contributed by atoms with Gasteiger partial charge in [0.25, 0.3) is 0 Å². The van der Waals surface area contributed by atoms with Gasteiger partial charge < -0.3 is 10.4 Å². The van der Waals surface area contributed by atoms with Crippen molar-refractivity contribution in [2.75, 3.05) is 0 Å². The number of phenolic OH excluding ortho intramolecular Hbond substituents is 1. The lowest BCUT2D eigenvalue weighted by molar-refractivity contribution is 0.466. The van der Waals surface area contributed by atoms with Gasteiger partial charge in [-0.2, -0.15) is 0 Å². The van der Waals surface area contributed by atoms with Crippen LogP contribution in [0.25, 0.3) is 0 Å². The number of nitrogens with one attached hydrogen (secondary N) is 1. The molecule has 1 unspecified atom stereocenters. The summed E-state index contributed by atoms with van der Waals surface area (Å²) in [4.78, 5) is 0. The average Bonchev–Trinajstić information content (AvgIpc) is 2.38. The van der Waals surface area contributed by atoms with E-state index in [9.17, 15) is 18.3 Å². The molecule has 0 spiro atoms. The van der Waals surface area contributed by atoms with Crippen LogP contribution in [0.1, 0.15) is 24.1 Å². The van der Waals surface area contributed by atoms with Crippen molar-refractivity contribution in [3.05, 3.63) is 65.0 Å². The molecule has 0 aliphatic carbocycles. The highest BCUT2D eigenvalue weighted by Gasteiger charge is 2.09. The number of hydrogen-bond acceptors (Lipinski definition) is 2. The molecule has 2 rings (SSSR count). The third kappa shape index (κ3) is 3.51. The van der Waals surface area contributed by atoms with E-state index in [4.69, 9.17) is 0 Å². The number of phenols is 1. The first-order valence-electron chi connectivity index (χ1n) is 6.12. The van der Waals surface area contributed by atoms with Crippen LogP contribution in [0.3, 0.4) is 0 Å². The molecule has 5 heteroatoms. The summed E-state index contributed by atoms with van der Waals surface area (Å²) in [7, 11) is 0. The van der Waals surface area contributed by atoms with Gasteiger partial charge in [-0.3, -0.25) is 0 Å². The normalized spacial score (nSPS) is 12.4. The summed E-state index contributed by atoms with van der Waals surface area (Å²) in [6.07, 6.45) is 0. The molecule has 0 aliphatic heterocycles. The van der Waals surface area contributed by atoms with Crippen molar-refractivity contribution < 1.29 is 18.3 Å². The first-order valence-corrected chi connectivity index (χ1v) is 6.12. The van der Waals surface area contributed by atoms with Crippen molar-refractivity contribution >= 4 is 0 Å². The highest BCUT2D eigenvalue weighted by molar-refractivity contribution is 5.28. The highest BCUT2D eigenvalue weighted by Crippen LogP contribution is 2.18. The van der Waals surface area contributed by atoms with E-state index in [0.717, 1.165) is 18.2 Å². The monoisotopic (exact) mass is 281 g/mol. The molecule has 2 aromatic rings. The number of aromatic hydroxyl groups is 1. The zero-order chi connectivity index (χ0) is 14.7. The maximum absolute atomic E-state index is 13.1. The van der Waals surface area contributed by atoms with Crippen LogP contribution in [-0.2, 0) is 6.54 Å². The molecule has 0 bridgehead atoms. The number of benzene rings is 2. The van der Waals surface area contributed by atoms with E-state index < -0.39 is 17.5 Å². The van der Waals surface area contributed by atoms with Crippen molar-refractivity contribution in [3.63, 3.8) is 0 Å². The molecule has 0 aliphatic rings. The van der Waals surface area contributed by atoms with E-state index >= 15 is 0 Å². The molecule has 106 valence electrons. The summed E-state index contributed by atoms with van der Waals surface area (Å²) in [5, 5.41) is 12.3. The zero-order valence-electron chi connectivity index (χ0n) is 10.8. The standard InChI is InChI=1S/C15H14F3NO/c1-9(11-2-3-14(17)15(18)6-11)19-8-10-4-12(16)7-13(20)5-10/h2-7,9,19-20H,8H2,1H3. The second-order valence-corrected chi connectivity index (χ2v) is 4.59. The van der Waals surface area contributed by atoms with E-state index in [1.165, 1.54) is 18.2 Å². The Kier molecular flexibility index (Phi) is 4.29. The van der Waals surface area contributed by atoms with Crippen LogP contribution < -0.4 is 5.32 Å². The molecule has 2 aromatic carbocycles. The van der Waals surface area contributed by atoms with Crippen LogP contribution in [0.15, 0.2) is 36.4 Å². The minimum absolute atomic E-state index is 0.151. The molecule has 0 heterocycles. The molecule has 0 saturated heterocycles. The Labute approximate surface area is 114 Å². The highest BCUT2D eigenvalue weighted by atomic mass is 19.2. The second-order valence-electron chi connectivity index (χ2n) is 4.59. The topological polar surface area (TPSA) is 32.3 Å². The molecular weight excluding hydrogens is 267 g/mol. The van der Waals surface area contributed by atoms with Gasteiger partial charge in [-0.05, 0) is 42.3 Å². The largest absolute Gasteiger partial charge is 0.508 e. The van der Waals surface area contributed by atoms with Gasteiger partial charge >= 0.3 is 0 Å². The molecule has 2 nitrogen and oxygen atoms in total. The Hall–Kier alpha value is -2.01. The fraction of sp³-hybridized carbons (Fsp3) is 0.200. The molecule has 1 atom stereocenters. The van der Waals surface area contributed by atoms with E-state index in [1.54, 1.807) is 6.92 Å². The first-order chi connectivity index (χ1) is 9.45. The summed E-state index contributed by atoms with van der Waals surface area (Å²) in [6.45, 7) is 2.08. The Balaban J connectivity index is 2.04. The van der Waals surface area contributed by atoms with Crippen molar-refractivity contribution in [2.24, 2.45) is 0 Å². The lowest BCUT2D eigenvalue weighted by atomic mass is 10.1.